The molecule has 6 heteroatoms. The summed E-state index contributed by atoms with van der Waals surface area (Å²) in [6.45, 7) is 4.17. The maximum Gasteiger partial charge on any atom is 0.225 e. The Morgan fingerprint density at radius 2 is 2.06 bits per heavy atom. The van der Waals surface area contributed by atoms with Crippen molar-refractivity contribution in [3.8, 4) is 0 Å². The first-order valence-corrected chi connectivity index (χ1v) is 6.22. The van der Waals surface area contributed by atoms with Crippen molar-refractivity contribution in [2.45, 2.75) is 19.8 Å². The Morgan fingerprint density at radius 1 is 1.44 bits per heavy atom. The number of anilines is 2. The molecule has 3 N–H and O–H groups in total. The van der Waals surface area contributed by atoms with E-state index in [9.17, 15) is 4.79 Å². The van der Waals surface area contributed by atoms with E-state index >= 15 is 0 Å². The Hall–Kier alpha value is -1.85. The van der Waals surface area contributed by atoms with Crippen molar-refractivity contribution in [1.29, 1.82) is 0 Å². The lowest BCUT2D eigenvalue weighted by atomic mass is 9.97. The van der Waals surface area contributed by atoms with Gasteiger partial charge in [0, 0.05) is 26.6 Å². The molecule has 0 saturated carbocycles. The van der Waals surface area contributed by atoms with Crippen molar-refractivity contribution in [1.82, 2.24) is 15.3 Å². The van der Waals surface area contributed by atoms with Crippen LogP contribution in [0, 0.1) is 5.92 Å². The zero-order valence-corrected chi connectivity index (χ0v) is 10.6. The standard InChI is InChI=1S/C12H19N5O/c1-9(18)14-6-10-2-4-17(5-3-10)12-15-7-11(13)8-16-12/h7-8,10H,2-6,13H2,1H3,(H,14,18). The van der Waals surface area contributed by atoms with Crippen molar-refractivity contribution >= 4 is 17.5 Å². The van der Waals surface area contributed by atoms with Crippen LogP contribution >= 0.6 is 0 Å². The molecule has 1 saturated heterocycles. The fraction of sp³-hybridized carbons (Fsp3) is 0.583. The summed E-state index contributed by atoms with van der Waals surface area (Å²) >= 11 is 0. The lowest BCUT2D eigenvalue weighted by Gasteiger charge is -2.31. The Kier molecular flexibility index (Phi) is 3.96. The quantitative estimate of drug-likeness (QED) is 0.810. The molecule has 0 spiro atoms. The van der Waals surface area contributed by atoms with Crippen LogP contribution in [0.5, 0.6) is 0 Å². The molecule has 6 nitrogen and oxygen atoms in total. The number of piperidine rings is 1. The maximum atomic E-state index is 10.9. The number of hydrogen-bond donors (Lipinski definition) is 2. The second-order valence-corrected chi connectivity index (χ2v) is 4.68. The summed E-state index contributed by atoms with van der Waals surface area (Å²) in [5.74, 6) is 1.33. The summed E-state index contributed by atoms with van der Waals surface area (Å²) in [7, 11) is 0. The van der Waals surface area contributed by atoms with E-state index in [-0.39, 0.29) is 5.91 Å². The number of amides is 1. The third-order valence-electron chi connectivity index (χ3n) is 3.20. The number of nitrogens with zero attached hydrogens (tertiary/aromatic N) is 3. The monoisotopic (exact) mass is 249 g/mol. The third-order valence-corrected chi connectivity index (χ3v) is 3.20. The molecule has 18 heavy (non-hydrogen) atoms. The zero-order chi connectivity index (χ0) is 13.0. The van der Waals surface area contributed by atoms with Gasteiger partial charge in [-0.3, -0.25) is 4.79 Å². The predicted octanol–water partition coefficient (Wildman–Crippen LogP) is 0.411. The van der Waals surface area contributed by atoms with Gasteiger partial charge < -0.3 is 16.0 Å². The molecule has 1 fully saturated rings. The molecule has 1 aliphatic heterocycles. The molecular formula is C12H19N5O. The molecule has 0 atom stereocenters. The molecule has 1 amide bonds. The average Bonchev–Trinajstić information content (AvgIpc) is 2.38. The Bertz CT molecular complexity index is 397. The number of nitrogens with one attached hydrogen (secondary N) is 1. The Morgan fingerprint density at radius 3 is 2.61 bits per heavy atom. The summed E-state index contributed by atoms with van der Waals surface area (Å²) in [5.41, 5.74) is 6.15. The van der Waals surface area contributed by atoms with E-state index in [0.717, 1.165) is 38.4 Å². The van der Waals surface area contributed by atoms with Crippen molar-refractivity contribution in [2.75, 3.05) is 30.3 Å². The number of carbonyl (C=O) groups is 1. The van der Waals surface area contributed by atoms with Gasteiger partial charge in [0.05, 0.1) is 18.1 Å². The fourth-order valence-electron chi connectivity index (χ4n) is 2.12. The van der Waals surface area contributed by atoms with Crippen LogP contribution in [0.3, 0.4) is 0 Å². The minimum absolute atomic E-state index is 0.0410. The molecule has 0 aromatic carbocycles. The van der Waals surface area contributed by atoms with Crippen molar-refractivity contribution in [3.63, 3.8) is 0 Å². The smallest absolute Gasteiger partial charge is 0.225 e. The summed E-state index contributed by atoms with van der Waals surface area (Å²) < 4.78 is 0. The molecule has 1 aliphatic rings. The van der Waals surface area contributed by atoms with E-state index in [1.807, 2.05) is 0 Å². The lowest BCUT2D eigenvalue weighted by Crippen LogP contribution is -2.38. The SMILES string of the molecule is CC(=O)NCC1CCN(c2ncc(N)cn2)CC1. The molecule has 1 aromatic rings. The molecule has 0 radical (unpaired) electrons. The first kappa shape index (κ1) is 12.6. The average molecular weight is 249 g/mol. The zero-order valence-electron chi connectivity index (χ0n) is 10.6. The van der Waals surface area contributed by atoms with E-state index in [0.29, 0.717) is 11.6 Å². The van der Waals surface area contributed by atoms with Gasteiger partial charge in [-0.2, -0.15) is 0 Å². The number of rotatable bonds is 3. The van der Waals surface area contributed by atoms with Gasteiger partial charge in [-0.05, 0) is 18.8 Å². The van der Waals surface area contributed by atoms with Gasteiger partial charge in [0.2, 0.25) is 11.9 Å². The molecule has 0 bridgehead atoms. The van der Waals surface area contributed by atoms with Crippen LogP contribution in [0.15, 0.2) is 12.4 Å². The van der Waals surface area contributed by atoms with Crippen LogP contribution in [0.1, 0.15) is 19.8 Å². The molecule has 2 rings (SSSR count). The summed E-state index contributed by atoms with van der Waals surface area (Å²) in [6, 6.07) is 0. The highest BCUT2D eigenvalue weighted by Crippen LogP contribution is 2.20. The number of aromatic nitrogens is 2. The van der Waals surface area contributed by atoms with Crippen LogP contribution in [0.25, 0.3) is 0 Å². The minimum Gasteiger partial charge on any atom is -0.396 e. The second kappa shape index (κ2) is 5.66. The summed E-state index contributed by atoms with van der Waals surface area (Å²) in [6.07, 6.45) is 5.36. The molecule has 98 valence electrons. The number of carbonyl (C=O) groups excluding carboxylic acids is 1. The van der Waals surface area contributed by atoms with Crippen molar-refractivity contribution in [3.05, 3.63) is 12.4 Å². The van der Waals surface area contributed by atoms with Gasteiger partial charge in [-0.25, -0.2) is 9.97 Å². The van der Waals surface area contributed by atoms with E-state index in [1.165, 1.54) is 0 Å². The summed E-state index contributed by atoms with van der Waals surface area (Å²) in [4.78, 5) is 21.4. The first-order chi connectivity index (χ1) is 8.65. The highest BCUT2D eigenvalue weighted by atomic mass is 16.1. The number of nitrogens with two attached hydrogens (primary N) is 1. The van der Waals surface area contributed by atoms with Crippen molar-refractivity contribution < 1.29 is 4.79 Å². The van der Waals surface area contributed by atoms with E-state index in [1.54, 1.807) is 19.3 Å². The number of nitrogen functional groups attached to an aromatic ring is 1. The largest absolute Gasteiger partial charge is 0.396 e. The van der Waals surface area contributed by atoms with E-state index in [2.05, 4.69) is 20.2 Å². The molecule has 0 unspecified atom stereocenters. The van der Waals surface area contributed by atoms with Gasteiger partial charge >= 0.3 is 0 Å². The Balaban J connectivity index is 1.83. The van der Waals surface area contributed by atoms with Crippen LogP contribution < -0.4 is 16.0 Å². The Labute approximate surface area is 107 Å². The molecule has 0 aliphatic carbocycles. The van der Waals surface area contributed by atoms with E-state index < -0.39 is 0 Å². The molecule has 1 aromatic heterocycles. The fourth-order valence-corrected chi connectivity index (χ4v) is 2.12. The second-order valence-electron chi connectivity index (χ2n) is 4.68. The third kappa shape index (κ3) is 3.32. The highest BCUT2D eigenvalue weighted by Gasteiger charge is 2.20. The van der Waals surface area contributed by atoms with Crippen molar-refractivity contribution in [2.24, 2.45) is 5.92 Å². The topological polar surface area (TPSA) is 84.1 Å². The van der Waals surface area contributed by atoms with Gasteiger partial charge in [-0.1, -0.05) is 0 Å². The van der Waals surface area contributed by atoms with Gasteiger partial charge in [0.25, 0.3) is 0 Å². The normalized spacial score (nSPS) is 16.6. The van der Waals surface area contributed by atoms with Gasteiger partial charge in [-0.15, -0.1) is 0 Å². The van der Waals surface area contributed by atoms with Crippen LogP contribution in [0.4, 0.5) is 11.6 Å². The van der Waals surface area contributed by atoms with E-state index in [4.69, 9.17) is 5.73 Å². The number of hydrogen-bond acceptors (Lipinski definition) is 5. The summed E-state index contributed by atoms with van der Waals surface area (Å²) in [5, 5.41) is 2.87. The predicted molar refractivity (Wildman–Crippen MR) is 70.1 cm³/mol. The van der Waals surface area contributed by atoms with Gasteiger partial charge in [0.15, 0.2) is 0 Å². The minimum atomic E-state index is 0.0410. The van der Waals surface area contributed by atoms with Gasteiger partial charge in [0.1, 0.15) is 0 Å². The first-order valence-electron chi connectivity index (χ1n) is 6.22. The lowest BCUT2D eigenvalue weighted by molar-refractivity contribution is -0.119. The molecule has 2 heterocycles. The maximum absolute atomic E-state index is 10.9. The van der Waals surface area contributed by atoms with Crippen LogP contribution in [0.2, 0.25) is 0 Å². The van der Waals surface area contributed by atoms with Crippen LogP contribution in [-0.4, -0.2) is 35.5 Å². The van der Waals surface area contributed by atoms with Crippen LogP contribution in [-0.2, 0) is 4.79 Å². The molecular weight excluding hydrogens is 230 g/mol. The highest BCUT2D eigenvalue weighted by molar-refractivity contribution is 5.72.